The molecule has 0 aliphatic carbocycles. The van der Waals surface area contributed by atoms with Crippen molar-refractivity contribution in [2.75, 3.05) is 23.5 Å². The molecule has 152 valence electrons. The molecule has 0 aromatic heterocycles. The number of rotatable bonds is 4. The summed E-state index contributed by atoms with van der Waals surface area (Å²) in [5, 5.41) is 0.881. The van der Waals surface area contributed by atoms with Gasteiger partial charge in [0.1, 0.15) is 5.75 Å². The van der Waals surface area contributed by atoms with Crippen molar-refractivity contribution in [3.8, 4) is 5.75 Å². The van der Waals surface area contributed by atoms with Crippen LogP contribution in [0.2, 0.25) is 5.02 Å². The van der Waals surface area contributed by atoms with Gasteiger partial charge in [0.15, 0.2) is 15.0 Å². The lowest BCUT2D eigenvalue weighted by molar-refractivity contribution is -0.117. The van der Waals surface area contributed by atoms with E-state index in [-0.39, 0.29) is 35.1 Å². The number of amidine groups is 1. The van der Waals surface area contributed by atoms with Gasteiger partial charge in [-0.1, -0.05) is 47.6 Å². The largest absolute Gasteiger partial charge is 0.497 e. The predicted octanol–water partition coefficient (Wildman–Crippen LogP) is 3.19. The maximum absolute atomic E-state index is 12.6. The summed E-state index contributed by atoms with van der Waals surface area (Å²) in [6.07, 6.45) is 0.0866. The first-order valence-electron chi connectivity index (χ1n) is 9.01. The second-order valence-electron chi connectivity index (χ2n) is 6.93. The zero-order chi connectivity index (χ0) is 20.6. The highest BCUT2D eigenvalue weighted by atomic mass is 35.5. The molecular weight excluding hydrogens is 432 g/mol. The Labute approximate surface area is 178 Å². The number of ether oxygens (including phenoxy) is 1. The van der Waals surface area contributed by atoms with Crippen LogP contribution in [0.1, 0.15) is 5.56 Å². The van der Waals surface area contributed by atoms with E-state index in [4.69, 9.17) is 16.3 Å². The summed E-state index contributed by atoms with van der Waals surface area (Å²) in [7, 11) is -1.55. The molecule has 4 rings (SSSR count). The Morgan fingerprint density at radius 2 is 2.03 bits per heavy atom. The third-order valence-electron chi connectivity index (χ3n) is 4.92. The highest BCUT2D eigenvalue weighted by Gasteiger charge is 2.49. The average molecular weight is 451 g/mol. The van der Waals surface area contributed by atoms with E-state index in [0.29, 0.717) is 21.5 Å². The Bertz CT molecular complexity index is 1090. The van der Waals surface area contributed by atoms with Crippen LogP contribution < -0.4 is 9.64 Å². The monoisotopic (exact) mass is 450 g/mol. The van der Waals surface area contributed by atoms with Crippen LogP contribution in [0.15, 0.2) is 53.5 Å². The third kappa shape index (κ3) is 4.29. The zero-order valence-corrected chi connectivity index (χ0v) is 18.0. The van der Waals surface area contributed by atoms with E-state index in [2.05, 4.69) is 4.99 Å². The van der Waals surface area contributed by atoms with Crippen LogP contribution in [0, 0.1) is 0 Å². The molecule has 2 aliphatic heterocycles. The summed E-state index contributed by atoms with van der Waals surface area (Å²) in [5.41, 5.74) is 1.47. The van der Waals surface area contributed by atoms with Crippen molar-refractivity contribution in [1.82, 2.24) is 0 Å². The Morgan fingerprint density at radius 1 is 1.24 bits per heavy atom. The summed E-state index contributed by atoms with van der Waals surface area (Å²) < 4.78 is 29.6. The molecule has 2 aromatic rings. The molecule has 2 aliphatic rings. The Balaban J connectivity index is 1.66. The fourth-order valence-corrected chi connectivity index (χ4v) is 7.71. The number of sulfone groups is 1. The number of anilines is 1. The van der Waals surface area contributed by atoms with Crippen LogP contribution in [0.3, 0.4) is 0 Å². The lowest BCUT2D eigenvalue weighted by atomic mass is 10.1. The summed E-state index contributed by atoms with van der Waals surface area (Å²) in [6.45, 7) is 0. The van der Waals surface area contributed by atoms with Gasteiger partial charge >= 0.3 is 0 Å². The lowest BCUT2D eigenvalue weighted by Gasteiger charge is -2.24. The number of aliphatic imine (C=N–C) groups is 1. The third-order valence-corrected chi connectivity index (χ3v) is 8.50. The summed E-state index contributed by atoms with van der Waals surface area (Å²) >= 11 is 7.50. The number of nitrogens with zero attached hydrogens (tertiary/aromatic N) is 2. The molecule has 0 spiro atoms. The van der Waals surface area contributed by atoms with Gasteiger partial charge in [-0.05, 0) is 23.8 Å². The minimum absolute atomic E-state index is 0.0413. The van der Waals surface area contributed by atoms with E-state index in [1.54, 1.807) is 25.3 Å². The van der Waals surface area contributed by atoms with Crippen LogP contribution in [0.4, 0.5) is 5.69 Å². The number of carbonyl (C=O) groups is 1. The van der Waals surface area contributed by atoms with Crippen molar-refractivity contribution in [3.05, 3.63) is 59.1 Å². The molecule has 2 fully saturated rings. The molecule has 2 saturated heterocycles. The molecule has 1 amide bonds. The van der Waals surface area contributed by atoms with Crippen LogP contribution in [-0.4, -0.2) is 49.4 Å². The molecule has 0 bridgehead atoms. The quantitative estimate of drug-likeness (QED) is 0.712. The molecule has 6 nitrogen and oxygen atoms in total. The van der Waals surface area contributed by atoms with Crippen molar-refractivity contribution < 1.29 is 17.9 Å². The first kappa shape index (κ1) is 20.3. The van der Waals surface area contributed by atoms with Gasteiger partial charge in [0, 0.05) is 22.0 Å². The fraction of sp³-hybridized carbons (Fsp3) is 0.300. The van der Waals surface area contributed by atoms with Gasteiger partial charge in [-0.2, -0.15) is 4.99 Å². The van der Waals surface area contributed by atoms with E-state index >= 15 is 0 Å². The van der Waals surface area contributed by atoms with Gasteiger partial charge in [0.2, 0.25) is 0 Å². The van der Waals surface area contributed by atoms with Crippen molar-refractivity contribution in [1.29, 1.82) is 0 Å². The van der Waals surface area contributed by atoms with E-state index in [0.717, 1.165) is 5.69 Å². The minimum Gasteiger partial charge on any atom is -0.497 e. The van der Waals surface area contributed by atoms with Gasteiger partial charge in [-0.15, -0.1) is 0 Å². The van der Waals surface area contributed by atoms with E-state index in [1.807, 2.05) is 35.2 Å². The Morgan fingerprint density at radius 3 is 2.79 bits per heavy atom. The number of methoxy groups -OCH3 is 1. The second kappa shape index (κ2) is 8.01. The van der Waals surface area contributed by atoms with Crippen LogP contribution in [0.25, 0.3) is 0 Å². The molecule has 2 heterocycles. The number of carbonyl (C=O) groups excluding carboxylic acids is 1. The SMILES string of the molecule is COc1cccc(N2C(=NC(=O)Cc3ccccc3Cl)S[C@@H]3CS(=O)(=O)C[C@@H]32)c1. The van der Waals surface area contributed by atoms with Gasteiger partial charge in [0.25, 0.3) is 5.91 Å². The molecule has 0 unspecified atom stereocenters. The number of amides is 1. The van der Waals surface area contributed by atoms with Gasteiger partial charge in [-0.3, -0.25) is 4.79 Å². The average Bonchev–Trinajstić information content (AvgIpc) is 3.14. The second-order valence-corrected chi connectivity index (χ2v) is 10.7. The topological polar surface area (TPSA) is 76.0 Å². The summed E-state index contributed by atoms with van der Waals surface area (Å²) in [6, 6.07) is 14.2. The molecule has 0 radical (unpaired) electrons. The number of fused-ring (bicyclic) bond motifs is 1. The number of hydrogen-bond acceptors (Lipinski definition) is 5. The fourth-order valence-electron chi connectivity index (χ4n) is 3.58. The number of hydrogen-bond donors (Lipinski definition) is 0. The zero-order valence-electron chi connectivity index (χ0n) is 15.6. The molecule has 0 saturated carbocycles. The maximum atomic E-state index is 12.6. The molecule has 2 aromatic carbocycles. The minimum atomic E-state index is -3.12. The number of benzene rings is 2. The normalized spacial score (nSPS) is 23.9. The molecule has 29 heavy (non-hydrogen) atoms. The van der Waals surface area contributed by atoms with Crippen LogP contribution >= 0.6 is 23.4 Å². The van der Waals surface area contributed by atoms with Gasteiger partial charge in [0.05, 0.1) is 31.1 Å². The van der Waals surface area contributed by atoms with Crippen LogP contribution in [0.5, 0.6) is 5.75 Å². The predicted molar refractivity (Wildman–Crippen MR) is 117 cm³/mol. The number of halogens is 1. The standard InChI is InChI=1S/C20H19ClN2O4S2/c1-27-15-7-4-6-14(10-15)23-17-11-29(25,26)12-18(17)28-20(23)22-19(24)9-13-5-2-3-8-16(13)21/h2-8,10,17-18H,9,11-12H2,1H3/t17-,18+/m0/s1. The highest BCUT2D eigenvalue weighted by molar-refractivity contribution is 8.16. The van der Waals surface area contributed by atoms with Crippen molar-refractivity contribution in [3.63, 3.8) is 0 Å². The van der Waals surface area contributed by atoms with Gasteiger partial charge in [-0.25, -0.2) is 8.42 Å². The summed E-state index contributed by atoms with van der Waals surface area (Å²) in [5.74, 6) is 0.454. The molecular formula is C20H19ClN2O4S2. The highest BCUT2D eigenvalue weighted by Crippen LogP contribution is 2.41. The van der Waals surface area contributed by atoms with Crippen molar-refractivity contribution >= 4 is 50.0 Å². The van der Waals surface area contributed by atoms with Gasteiger partial charge < -0.3 is 9.64 Å². The van der Waals surface area contributed by atoms with E-state index in [9.17, 15) is 13.2 Å². The maximum Gasteiger partial charge on any atom is 0.252 e. The Hall–Kier alpha value is -2.03. The first-order chi connectivity index (χ1) is 13.9. The molecule has 0 N–H and O–H groups in total. The molecule has 2 atom stereocenters. The van der Waals surface area contributed by atoms with Crippen molar-refractivity contribution in [2.45, 2.75) is 17.7 Å². The van der Waals surface area contributed by atoms with E-state index < -0.39 is 9.84 Å². The smallest absolute Gasteiger partial charge is 0.252 e. The first-order valence-corrected chi connectivity index (χ1v) is 12.1. The van der Waals surface area contributed by atoms with Crippen LogP contribution in [-0.2, 0) is 21.1 Å². The Kier molecular flexibility index (Phi) is 5.59. The molecule has 9 heteroatoms. The van der Waals surface area contributed by atoms with E-state index in [1.165, 1.54) is 11.8 Å². The number of thioether (sulfide) groups is 1. The van der Waals surface area contributed by atoms with Crippen molar-refractivity contribution in [2.24, 2.45) is 4.99 Å². The lowest BCUT2D eigenvalue weighted by Crippen LogP contribution is -2.37. The summed E-state index contributed by atoms with van der Waals surface area (Å²) in [4.78, 5) is 18.8.